The molecule has 1 amide bonds. The molecule has 2 fully saturated rings. The highest BCUT2D eigenvalue weighted by Gasteiger charge is 2.46. The number of carbonyl (C=O) groups is 1. The lowest BCUT2D eigenvalue weighted by Gasteiger charge is -2.39. The van der Waals surface area contributed by atoms with E-state index in [0.29, 0.717) is 35.3 Å². The van der Waals surface area contributed by atoms with Crippen molar-refractivity contribution < 1.29 is 9.53 Å². The largest absolute Gasteiger partial charge is 0.443 e. The Morgan fingerprint density at radius 3 is 2.60 bits per heavy atom. The van der Waals surface area contributed by atoms with Gasteiger partial charge in [0, 0.05) is 81.8 Å². The fourth-order valence-corrected chi connectivity index (χ4v) is 6.14. The molecule has 1 saturated carbocycles. The van der Waals surface area contributed by atoms with Crippen molar-refractivity contribution in [2.75, 3.05) is 49.5 Å². The summed E-state index contributed by atoms with van der Waals surface area (Å²) < 4.78 is 7.52. The lowest BCUT2D eigenvalue weighted by molar-refractivity contribution is 0.0572. The predicted octanol–water partition coefficient (Wildman–Crippen LogP) is 4.29. The van der Waals surface area contributed by atoms with Gasteiger partial charge < -0.3 is 10.1 Å². The van der Waals surface area contributed by atoms with Gasteiger partial charge in [-0.05, 0) is 57.4 Å². The number of nitrogens with one attached hydrogen (secondary N) is 1. The van der Waals surface area contributed by atoms with Crippen LogP contribution in [0.15, 0.2) is 36.7 Å². The molecule has 6 rings (SSSR count). The highest BCUT2D eigenvalue weighted by Crippen LogP contribution is 2.46. The van der Waals surface area contributed by atoms with Gasteiger partial charge in [-0.3, -0.25) is 19.4 Å². The van der Waals surface area contributed by atoms with Crippen LogP contribution in [0.5, 0.6) is 0 Å². The highest BCUT2D eigenvalue weighted by molar-refractivity contribution is 5.95. The lowest BCUT2D eigenvalue weighted by Crippen LogP contribution is -2.52. The van der Waals surface area contributed by atoms with Gasteiger partial charge in [0.25, 0.3) is 0 Å². The molecule has 220 valence electrons. The molecule has 1 N–H and O–H groups in total. The maximum Gasteiger partial charge on any atom is 0.414 e. The Bertz CT molecular complexity index is 1530. The molecule has 1 atom stereocenters. The summed E-state index contributed by atoms with van der Waals surface area (Å²) >= 11 is 0. The Hall–Kier alpha value is -4.01. The smallest absolute Gasteiger partial charge is 0.414 e. The Kier molecular flexibility index (Phi) is 7.15. The monoisotopic (exact) mass is 569 g/mol. The van der Waals surface area contributed by atoms with Crippen LogP contribution in [0.3, 0.4) is 0 Å². The number of ether oxygens (including phenoxy) is 1. The summed E-state index contributed by atoms with van der Waals surface area (Å²) in [6, 6.07) is 10.7. The number of anilines is 3. The van der Waals surface area contributed by atoms with Gasteiger partial charge in [0.15, 0.2) is 5.82 Å². The number of benzene rings is 1. The summed E-state index contributed by atoms with van der Waals surface area (Å²) in [6.45, 7) is 13.1. The van der Waals surface area contributed by atoms with Crippen LogP contribution in [0.25, 0.3) is 11.3 Å². The van der Waals surface area contributed by atoms with Gasteiger partial charge in [-0.1, -0.05) is 6.92 Å². The standard InChI is InChI=1S/C31H39N9O2/c1-30(2,3)42-29(41)40-20-31(4,19-38-12-14-39(15-13-38)23-6-7-23)24-17-21(16-22(18-32)27(24)40)25-8-10-33-28(34-25)35-26-9-11-37(5)36-26/h8-11,16-17,23H,6-7,12-15,19-20H2,1-5H3,(H,33,34,35,36). The highest BCUT2D eigenvalue weighted by atomic mass is 16.6. The number of hydrogen-bond donors (Lipinski definition) is 1. The molecule has 1 saturated heterocycles. The zero-order chi connectivity index (χ0) is 29.6. The molecule has 1 aliphatic carbocycles. The van der Waals surface area contributed by atoms with E-state index in [0.717, 1.165) is 49.9 Å². The summed E-state index contributed by atoms with van der Waals surface area (Å²) in [7, 11) is 1.85. The van der Waals surface area contributed by atoms with E-state index in [1.165, 1.54) is 12.8 Å². The molecular weight excluding hydrogens is 530 g/mol. The van der Waals surface area contributed by atoms with Crippen molar-refractivity contribution in [3.8, 4) is 17.3 Å². The number of hydrogen-bond acceptors (Lipinski definition) is 9. The molecule has 0 spiro atoms. The van der Waals surface area contributed by atoms with E-state index in [2.05, 4.69) is 44.3 Å². The summed E-state index contributed by atoms with van der Waals surface area (Å²) in [5.74, 6) is 1.06. The van der Waals surface area contributed by atoms with Crippen LogP contribution in [-0.2, 0) is 17.2 Å². The van der Waals surface area contributed by atoms with Gasteiger partial charge >= 0.3 is 6.09 Å². The number of rotatable bonds is 6. The maximum atomic E-state index is 13.5. The van der Waals surface area contributed by atoms with Gasteiger partial charge in [0.05, 0.1) is 16.9 Å². The number of carbonyl (C=O) groups excluding carboxylic acids is 1. The molecule has 4 heterocycles. The van der Waals surface area contributed by atoms with Gasteiger partial charge in [-0.25, -0.2) is 14.8 Å². The summed E-state index contributed by atoms with van der Waals surface area (Å²) in [5.41, 5.74) is 2.44. The first-order valence-electron chi connectivity index (χ1n) is 14.7. The van der Waals surface area contributed by atoms with Crippen molar-refractivity contribution in [2.24, 2.45) is 7.05 Å². The van der Waals surface area contributed by atoms with Crippen LogP contribution >= 0.6 is 0 Å². The first-order chi connectivity index (χ1) is 20.0. The first kappa shape index (κ1) is 28.1. The second-order valence-electron chi connectivity index (χ2n) is 13.0. The van der Waals surface area contributed by atoms with Gasteiger partial charge in [0.2, 0.25) is 5.95 Å². The molecule has 1 aromatic carbocycles. The third-order valence-electron chi connectivity index (χ3n) is 8.22. The van der Waals surface area contributed by atoms with Crippen LogP contribution in [-0.4, -0.2) is 86.6 Å². The quantitative estimate of drug-likeness (QED) is 0.464. The van der Waals surface area contributed by atoms with Crippen LogP contribution in [0.2, 0.25) is 0 Å². The van der Waals surface area contributed by atoms with Crippen molar-refractivity contribution in [3.05, 3.63) is 47.8 Å². The molecular formula is C31H39N9O2. The topological polar surface area (TPSA) is 115 Å². The van der Waals surface area contributed by atoms with Crippen molar-refractivity contribution in [2.45, 2.75) is 57.6 Å². The molecule has 11 nitrogen and oxygen atoms in total. The summed E-state index contributed by atoms with van der Waals surface area (Å²) in [5, 5.41) is 17.8. The van der Waals surface area contributed by atoms with Crippen LogP contribution in [0.1, 0.15) is 51.7 Å². The molecule has 0 bridgehead atoms. The normalized spacial score (nSPS) is 21.2. The molecule has 2 aromatic heterocycles. The molecule has 0 radical (unpaired) electrons. The number of fused-ring (bicyclic) bond motifs is 1. The molecule has 3 aliphatic rings. The van der Waals surface area contributed by atoms with Gasteiger partial charge in [-0.2, -0.15) is 10.4 Å². The molecule has 2 aliphatic heterocycles. The van der Waals surface area contributed by atoms with E-state index in [-0.39, 0.29) is 0 Å². The summed E-state index contributed by atoms with van der Waals surface area (Å²) in [6.07, 6.45) is 5.74. The van der Waals surface area contributed by atoms with E-state index in [1.807, 2.05) is 52.2 Å². The van der Waals surface area contributed by atoms with Crippen molar-refractivity contribution in [1.82, 2.24) is 29.5 Å². The minimum Gasteiger partial charge on any atom is -0.443 e. The zero-order valence-electron chi connectivity index (χ0n) is 25.1. The molecule has 42 heavy (non-hydrogen) atoms. The minimum absolute atomic E-state index is 0.405. The Morgan fingerprint density at radius 1 is 1.19 bits per heavy atom. The third kappa shape index (κ3) is 5.82. The second kappa shape index (κ2) is 10.7. The first-order valence-corrected chi connectivity index (χ1v) is 14.7. The van der Waals surface area contributed by atoms with Crippen LogP contribution < -0.4 is 10.2 Å². The average molecular weight is 570 g/mol. The Labute approximate surface area is 247 Å². The SMILES string of the molecule is Cn1ccc(Nc2nccc(-c3cc(C#N)c4c(c3)C(C)(CN3CCN(C5CC5)CC3)CN4C(=O)OC(C)(C)C)n2)n1. The fraction of sp³-hybridized carbons (Fsp3) is 0.516. The number of nitrogens with zero attached hydrogens (tertiary/aromatic N) is 8. The Morgan fingerprint density at radius 2 is 1.95 bits per heavy atom. The van der Waals surface area contributed by atoms with Crippen molar-refractivity contribution >= 4 is 23.5 Å². The second-order valence-corrected chi connectivity index (χ2v) is 13.0. The number of amides is 1. The molecule has 3 aromatic rings. The average Bonchev–Trinajstić information content (AvgIpc) is 3.65. The van der Waals surface area contributed by atoms with Crippen molar-refractivity contribution in [1.29, 1.82) is 5.26 Å². The van der Waals surface area contributed by atoms with E-state index in [4.69, 9.17) is 9.72 Å². The lowest BCUT2D eigenvalue weighted by atomic mass is 9.82. The van der Waals surface area contributed by atoms with Crippen LogP contribution in [0.4, 0.5) is 22.2 Å². The van der Waals surface area contributed by atoms with Gasteiger partial charge in [0.1, 0.15) is 11.7 Å². The van der Waals surface area contributed by atoms with Gasteiger partial charge in [-0.15, -0.1) is 0 Å². The zero-order valence-corrected chi connectivity index (χ0v) is 25.1. The van der Waals surface area contributed by atoms with E-state index in [9.17, 15) is 10.1 Å². The van der Waals surface area contributed by atoms with Crippen molar-refractivity contribution in [3.63, 3.8) is 0 Å². The summed E-state index contributed by atoms with van der Waals surface area (Å²) in [4.78, 5) is 29.4. The van der Waals surface area contributed by atoms with Crippen LogP contribution in [0, 0.1) is 11.3 Å². The number of piperazine rings is 1. The minimum atomic E-state index is -0.653. The maximum absolute atomic E-state index is 13.5. The number of aryl methyl sites for hydroxylation is 1. The number of nitriles is 1. The van der Waals surface area contributed by atoms with E-state index in [1.54, 1.807) is 15.8 Å². The van der Waals surface area contributed by atoms with E-state index >= 15 is 0 Å². The predicted molar refractivity (Wildman–Crippen MR) is 161 cm³/mol. The number of aromatic nitrogens is 4. The van der Waals surface area contributed by atoms with E-state index < -0.39 is 17.1 Å². The third-order valence-corrected chi connectivity index (χ3v) is 8.22. The molecule has 1 unspecified atom stereocenters. The fourth-order valence-electron chi connectivity index (χ4n) is 6.14. The Balaban J connectivity index is 1.35. The molecule has 11 heteroatoms.